The standard InChI is InChI=1S/C24H28BrN5OS/c1-30-11-8-15(9-12-30)7-10-26-24-27-14-19(25)22(29-24)21-13-18-17(3-2-4-20(18)32-21)23(31)28-16-5-6-16/h2-4,13-16H,5-12H2,1H3,(H,28,31)(H,26,27,29). The number of hydrogen-bond donors (Lipinski definition) is 2. The van der Waals surface area contributed by atoms with E-state index in [1.807, 2.05) is 18.3 Å². The van der Waals surface area contributed by atoms with Crippen LogP contribution in [-0.4, -0.2) is 53.5 Å². The van der Waals surface area contributed by atoms with Crippen LogP contribution < -0.4 is 10.6 Å². The summed E-state index contributed by atoms with van der Waals surface area (Å²) in [5.41, 5.74) is 1.59. The Hall–Kier alpha value is -2.03. The van der Waals surface area contributed by atoms with Crippen LogP contribution in [0.4, 0.5) is 5.95 Å². The Bertz CT molecular complexity index is 1120. The summed E-state index contributed by atoms with van der Waals surface area (Å²) in [5.74, 6) is 1.44. The molecule has 0 radical (unpaired) electrons. The second-order valence-corrected chi connectivity index (χ2v) is 10.9. The van der Waals surface area contributed by atoms with Gasteiger partial charge in [0.2, 0.25) is 5.95 Å². The summed E-state index contributed by atoms with van der Waals surface area (Å²) in [7, 11) is 2.20. The summed E-state index contributed by atoms with van der Waals surface area (Å²) in [4.78, 5) is 25.4. The molecule has 1 aliphatic heterocycles. The molecule has 0 bridgehead atoms. The van der Waals surface area contributed by atoms with E-state index in [1.165, 1.54) is 25.9 Å². The maximum Gasteiger partial charge on any atom is 0.252 e. The fourth-order valence-electron chi connectivity index (χ4n) is 4.23. The number of amides is 1. The van der Waals surface area contributed by atoms with E-state index in [2.05, 4.69) is 55.6 Å². The van der Waals surface area contributed by atoms with Crippen LogP contribution in [0.5, 0.6) is 0 Å². The maximum absolute atomic E-state index is 12.7. The quantitative estimate of drug-likeness (QED) is 0.456. The van der Waals surface area contributed by atoms with E-state index in [9.17, 15) is 4.79 Å². The van der Waals surface area contributed by atoms with Crippen molar-refractivity contribution in [2.75, 3.05) is 32.0 Å². The molecule has 3 aromatic rings. The highest BCUT2D eigenvalue weighted by Crippen LogP contribution is 2.37. The zero-order valence-electron chi connectivity index (χ0n) is 18.2. The molecule has 0 atom stereocenters. The molecular weight excluding hydrogens is 486 g/mol. The SMILES string of the molecule is CN1CCC(CCNc2ncc(Br)c(-c3cc4c(C(=O)NC5CC5)cccc4s3)n2)CC1. The van der Waals surface area contributed by atoms with Gasteiger partial charge in [0, 0.05) is 34.4 Å². The summed E-state index contributed by atoms with van der Waals surface area (Å²) in [6.07, 6.45) is 7.65. The van der Waals surface area contributed by atoms with Gasteiger partial charge in [-0.05, 0) is 92.3 Å². The van der Waals surface area contributed by atoms with Crippen LogP contribution in [-0.2, 0) is 0 Å². The number of fused-ring (bicyclic) bond motifs is 1. The molecule has 2 fully saturated rings. The normalized spacial score (nSPS) is 17.6. The largest absolute Gasteiger partial charge is 0.354 e. The van der Waals surface area contributed by atoms with Crippen LogP contribution in [0, 0.1) is 5.92 Å². The number of aromatic nitrogens is 2. The summed E-state index contributed by atoms with van der Waals surface area (Å²) >= 11 is 5.27. The number of rotatable bonds is 7. The van der Waals surface area contributed by atoms with Gasteiger partial charge in [-0.2, -0.15) is 0 Å². The Morgan fingerprint density at radius 2 is 2.06 bits per heavy atom. The first-order valence-corrected chi connectivity index (χ1v) is 13.0. The first-order chi connectivity index (χ1) is 15.6. The molecule has 1 aliphatic carbocycles. The number of halogens is 1. The van der Waals surface area contributed by atoms with Crippen LogP contribution in [0.2, 0.25) is 0 Å². The third-order valence-corrected chi connectivity index (χ3v) is 8.06. The fourth-order valence-corrected chi connectivity index (χ4v) is 5.86. The number of nitrogens with zero attached hydrogens (tertiary/aromatic N) is 3. The molecule has 0 unspecified atom stereocenters. The van der Waals surface area contributed by atoms with Crippen molar-refractivity contribution < 1.29 is 4.79 Å². The van der Waals surface area contributed by atoms with Gasteiger partial charge in [0.15, 0.2) is 0 Å². The number of piperidine rings is 1. The van der Waals surface area contributed by atoms with Crippen molar-refractivity contribution in [3.05, 3.63) is 40.5 Å². The number of carbonyl (C=O) groups excluding carboxylic acids is 1. The monoisotopic (exact) mass is 513 g/mol. The van der Waals surface area contributed by atoms with Gasteiger partial charge in [0.1, 0.15) is 5.69 Å². The summed E-state index contributed by atoms with van der Waals surface area (Å²) in [6, 6.07) is 8.34. The Kier molecular flexibility index (Phi) is 6.44. The number of thiophene rings is 1. The van der Waals surface area contributed by atoms with Gasteiger partial charge in [-0.3, -0.25) is 4.79 Å². The number of carbonyl (C=O) groups is 1. The highest BCUT2D eigenvalue weighted by atomic mass is 79.9. The van der Waals surface area contributed by atoms with E-state index in [1.54, 1.807) is 11.3 Å². The lowest BCUT2D eigenvalue weighted by Gasteiger charge is -2.28. The average molecular weight is 514 g/mol. The van der Waals surface area contributed by atoms with Gasteiger partial charge in [-0.15, -0.1) is 11.3 Å². The van der Waals surface area contributed by atoms with E-state index in [4.69, 9.17) is 4.98 Å². The van der Waals surface area contributed by atoms with Crippen molar-refractivity contribution in [3.8, 4) is 10.6 Å². The number of anilines is 1. The predicted octanol–water partition coefficient (Wildman–Crippen LogP) is 5.16. The van der Waals surface area contributed by atoms with E-state index in [0.717, 1.165) is 62.4 Å². The molecule has 32 heavy (non-hydrogen) atoms. The topological polar surface area (TPSA) is 70.2 Å². The minimum atomic E-state index is 0.0143. The second kappa shape index (κ2) is 9.45. The lowest BCUT2D eigenvalue weighted by molar-refractivity contribution is 0.0953. The highest BCUT2D eigenvalue weighted by molar-refractivity contribution is 9.10. The van der Waals surface area contributed by atoms with Crippen LogP contribution in [0.15, 0.2) is 34.9 Å². The molecule has 168 valence electrons. The number of benzene rings is 1. The predicted molar refractivity (Wildman–Crippen MR) is 134 cm³/mol. The van der Waals surface area contributed by atoms with Crippen molar-refractivity contribution >= 4 is 49.2 Å². The van der Waals surface area contributed by atoms with E-state index in [0.29, 0.717) is 12.0 Å². The lowest BCUT2D eigenvalue weighted by Crippen LogP contribution is -2.30. The number of nitrogens with one attached hydrogen (secondary N) is 2. The molecule has 1 aromatic carbocycles. The summed E-state index contributed by atoms with van der Waals surface area (Å²) < 4.78 is 1.94. The minimum Gasteiger partial charge on any atom is -0.354 e. The average Bonchev–Trinajstić information content (AvgIpc) is 3.50. The minimum absolute atomic E-state index is 0.0143. The zero-order chi connectivity index (χ0) is 22.1. The Morgan fingerprint density at radius 3 is 2.84 bits per heavy atom. The van der Waals surface area contributed by atoms with Gasteiger partial charge >= 0.3 is 0 Å². The molecule has 0 spiro atoms. The number of hydrogen-bond acceptors (Lipinski definition) is 6. The Morgan fingerprint density at radius 1 is 1.25 bits per heavy atom. The van der Waals surface area contributed by atoms with Crippen LogP contribution in [0.1, 0.15) is 42.5 Å². The van der Waals surface area contributed by atoms with Gasteiger partial charge in [0.05, 0.1) is 9.35 Å². The smallest absolute Gasteiger partial charge is 0.252 e. The Balaban J connectivity index is 1.32. The van der Waals surface area contributed by atoms with Gasteiger partial charge in [0.25, 0.3) is 5.91 Å². The molecule has 1 saturated heterocycles. The van der Waals surface area contributed by atoms with E-state index in [-0.39, 0.29) is 5.91 Å². The molecule has 2 aromatic heterocycles. The highest BCUT2D eigenvalue weighted by Gasteiger charge is 2.25. The Labute approximate surface area is 201 Å². The van der Waals surface area contributed by atoms with Gasteiger partial charge in [-0.25, -0.2) is 9.97 Å². The molecule has 8 heteroatoms. The van der Waals surface area contributed by atoms with Crippen molar-refractivity contribution in [2.45, 2.75) is 38.1 Å². The molecule has 1 saturated carbocycles. The van der Waals surface area contributed by atoms with Crippen molar-refractivity contribution in [3.63, 3.8) is 0 Å². The molecule has 3 heterocycles. The molecular formula is C24H28BrN5OS. The second-order valence-electron chi connectivity index (χ2n) is 8.93. The third kappa shape index (κ3) is 4.97. The van der Waals surface area contributed by atoms with Crippen molar-refractivity contribution in [1.82, 2.24) is 20.2 Å². The van der Waals surface area contributed by atoms with Crippen molar-refractivity contribution in [1.29, 1.82) is 0 Å². The van der Waals surface area contributed by atoms with Gasteiger partial charge in [-0.1, -0.05) is 6.07 Å². The van der Waals surface area contributed by atoms with Crippen molar-refractivity contribution in [2.24, 2.45) is 5.92 Å². The zero-order valence-corrected chi connectivity index (χ0v) is 20.6. The molecule has 1 amide bonds. The molecule has 2 N–H and O–H groups in total. The summed E-state index contributed by atoms with van der Waals surface area (Å²) in [5, 5.41) is 7.50. The van der Waals surface area contributed by atoms with Crippen LogP contribution >= 0.6 is 27.3 Å². The molecule has 5 rings (SSSR count). The first-order valence-electron chi connectivity index (χ1n) is 11.4. The number of likely N-dealkylation sites (tertiary alicyclic amines) is 1. The molecule has 6 nitrogen and oxygen atoms in total. The fraction of sp³-hybridized carbons (Fsp3) is 0.458. The lowest BCUT2D eigenvalue weighted by atomic mass is 9.94. The van der Waals surface area contributed by atoms with Crippen LogP contribution in [0.25, 0.3) is 20.7 Å². The summed E-state index contributed by atoms with van der Waals surface area (Å²) in [6.45, 7) is 3.26. The van der Waals surface area contributed by atoms with Crippen LogP contribution in [0.3, 0.4) is 0 Å². The van der Waals surface area contributed by atoms with E-state index >= 15 is 0 Å². The van der Waals surface area contributed by atoms with E-state index < -0.39 is 0 Å². The first kappa shape index (κ1) is 21.8. The maximum atomic E-state index is 12.7. The van der Waals surface area contributed by atoms with Gasteiger partial charge < -0.3 is 15.5 Å². The molecule has 2 aliphatic rings. The third-order valence-electron chi connectivity index (χ3n) is 6.37.